The van der Waals surface area contributed by atoms with Gasteiger partial charge in [0.25, 0.3) is 0 Å². The molecule has 12 heavy (non-hydrogen) atoms. The lowest BCUT2D eigenvalue weighted by Gasteiger charge is -2.02. The minimum absolute atomic E-state index is 0.569. The van der Waals surface area contributed by atoms with Crippen molar-refractivity contribution in [3.05, 3.63) is 31.2 Å². The van der Waals surface area contributed by atoms with Crippen LogP contribution in [0.3, 0.4) is 0 Å². The molecule has 0 unspecified atom stereocenters. The number of rotatable bonds is 2. The quantitative estimate of drug-likeness (QED) is 0.714. The van der Waals surface area contributed by atoms with Crippen molar-refractivity contribution in [1.29, 1.82) is 0 Å². The summed E-state index contributed by atoms with van der Waals surface area (Å²) in [6.07, 6.45) is 0. The third-order valence-electron chi connectivity index (χ3n) is 1.36. The highest BCUT2D eigenvalue weighted by atomic mass is 16.5. The maximum absolute atomic E-state index is 10.4. The van der Waals surface area contributed by atoms with Crippen LogP contribution in [-0.2, 0) is 4.79 Å². The van der Waals surface area contributed by atoms with Crippen molar-refractivity contribution < 1.29 is 9.53 Å². The third-order valence-corrected chi connectivity index (χ3v) is 1.36. The Labute approximate surface area is 71.4 Å². The van der Waals surface area contributed by atoms with Crippen molar-refractivity contribution in [2.75, 3.05) is 12.4 Å². The fraction of sp³-hybridized carbons (Fsp3) is 0.111. The number of hydrogen-bond acceptors (Lipinski definition) is 2. The lowest BCUT2D eigenvalue weighted by molar-refractivity contribution is -0.112. The van der Waals surface area contributed by atoms with Crippen LogP contribution in [0.4, 0.5) is 5.69 Å². The highest BCUT2D eigenvalue weighted by molar-refractivity contribution is 5.93. The van der Waals surface area contributed by atoms with E-state index in [9.17, 15) is 4.79 Å². The second kappa shape index (κ2) is 3.76. The zero-order chi connectivity index (χ0) is 8.97. The summed E-state index contributed by atoms with van der Waals surface area (Å²) in [6.45, 7) is 4.91. The van der Waals surface area contributed by atoms with E-state index in [0.29, 0.717) is 5.69 Å². The SMILES string of the molecule is [CH]C(=O)Nc1ccc(OC)cc1. The average molecular weight is 163 g/mol. The molecule has 0 fully saturated rings. The van der Waals surface area contributed by atoms with Crippen molar-refractivity contribution in [1.82, 2.24) is 0 Å². The summed E-state index contributed by atoms with van der Waals surface area (Å²) in [6, 6.07) is 6.91. The third kappa shape index (κ3) is 2.27. The minimum atomic E-state index is -0.569. The molecule has 0 aliphatic heterocycles. The van der Waals surface area contributed by atoms with E-state index in [0.717, 1.165) is 5.75 Å². The van der Waals surface area contributed by atoms with Gasteiger partial charge in [-0.2, -0.15) is 0 Å². The number of carbonyl (C=O) groups is 1. The standard InChI is InChI=1S/C9H9NO2/c1-7(11)10-8-3-5-9(12-2)6-4-8/h1,3-6H,2H3,(H,10,11). The van der Waals surface area contributed by atoms with Gasteiger partial charge in [-0.1, -0.05) is 0 Å². The Hall–Kier alpha value is -1.51. The largest absolute Gasteiger partial charge is 0.497 e. The second-order valence-corrected chi connectivity index (χ2v) is 2.22. The first kappa shape index (κ1) is 8.59. The van der Waals surface area contributed by atoms with Crippen LogP contribution >= 0.6 is 0 Å². The van der Waals surface area contributed by atoms with Crippen LogP contribution in [0.15, 0.2) is 24.3 Å². The Morgan fingerprint density at radius 3 is 2.42 bits per heavy atom. The maximum Gasteiger partial charge on any atom is 0.229 e. The highest BCUT2D eigenvalue weighted by Gasteiger charge is 1.94. The van der Waals surface area contributed by atoms with Gasteiger partial charge in [-0.3, -0.25) is 4.79 Å². The van der Waals surface area contributed by atoms with Gasteiger partial charge < -0.3 is 10.1 Å². The maximum atomic E-state index is 10.4. The molecule has 0 heterocycles. The first-order valence-electron chi connectivity index (χ1n) is 3.43. The molecular formula is C9H9NO2. The van der Waals surface area contributed by atoms with E-state index in [1.54, 1.807) is 31.4 Å². The molecule has 62 valence electrons. The monoisotopic (exact) mass is 163 g/mol. The molecule has 3 heteroatoms. The van der Waals surface area contributed by atoms with Gasteiger partial charge >= 0.3 is 0 Å². The van der Waals surface area contributed by atoms with Crippen LogP contribution in [-0.4, -0.2) is 13.0 Å². The Balaban J connectivity index is 2.71. The Bertz CT molecular complexity index is 266. The van der Waals surface area contributed by atoms with E-state index in [1.165, 1.54) is 0 Å². The van der Waals surface area contributed by atoms with E-state index < -0.39 is 5.91 Å². The van der Waals surface area contributed by atoms with Crippen molar-refractivity contribution in [2.45, 2.75) is 0 Å². The van der Waals surface area contributed by atoms with Crippen molar-refractivity contribution in [3.8, 4) is 5.75 Å². The van der Waals surface area contributed by atoms with Crippen molar-refractivity contribution >= 4 is 11.6 Å². The molecule has 0 saturated heterocycles. The van der Waals surface area contributed by atoms with Crippen LogP contribution in [0, 0.1) is 6.92 Å². The van der Waals surface area contributed by atoms with Gasteiger partial charge in [0.2, 0.25) is 5.91 Å². The Morgan fingerprint density at radius 1 is 1.42 bits per heavy atom. The molecule has 1 rings (SSSR count). The van der Waals surface area contributed by atoms with Crippen LogP contribution in [0.5, 0.6) is 5.75 Å². The summed E-state index contributed by atoms with van der Waals surface area (Å²) in [7, 11) is 1.58. The van der Waals surface area contributed by atoms with E-state index in [2.05, 4.69) is 5.32 Å². The van der Waals surface area contributed by atoms with Crippen LogP contribution in [0.2, 0.25) is 0 Å². The van der Waals surface area contributed by atoms with Crippen LogP contribution in [0.1, 0.15) is 0 Å². The number of benzene rings is 1. The normalized spacial score (nSPS) is 9.17. The first-order chi connectivity index (χ1) is 5.72. The Kier molecular flexibility index (Phi) is 2.69. The van der Waals surface area contributed by atoms with Gasteiger partial charge in [0.1, 0.15) is 5.75 Å². The van der Waals surface area contributed by atoms with Gasteiger partial charge in [0, 0.05) is 5.69 Å². The molecular weight excluding hydrogens is 154 g/mol. The van der Waals surface area contributed by atoms with Crippen LogP contribution in [0.25, 0.3) is 0 Å². The zero-order valence-electron chi connectivity index (χ0n) is 6.70. The van der Waals surface area contributed by atoms with E-state index in [-0.39, 0.29) is 0 Å². The molecule has 0 spiro atoms. The molecule has 3 nitrogen and oxygen atoms in total. The smallest absolute Gasteiger partial charge is 0.229 e. The molecule has 0 bridgehead atoms. The van der Waals surface area contributed by atoms with Gasteiger partial charge in [0.05, 0.1) is 14.0 Å². The first-order valence-corrected chi connectivity index (χ1v) is 3.43. The van der Waals surface area contributed by atoms with Gasteiger partial charge in [-0.15, -0.1) is 0 Å². The molecule has 1 amide bonds. The molecule has 2 radical (unpaired) electrons. The topological polar surface area (TPSA) is 38.3 Å². The zero-order valence-corrected chi connectivity index (χ0v) is 6.70. The van der Waals surface area contributed by atoms with Crippen LogP contribution < -0.4 is 10.1 Å². The highest BCUT2D eigenvalue weighted by Crippen LogP contribution is 2.14. The molecule has 1 N–H and O–H groups in total. The second-order valence-electron chi connectivity index (χ2n) is 2.22. The molecule has 0 aliphatic rings. The van der Waals surface area contributed by atoms with Gasteiger partial charge in [-0.25, -0.2) is 0 Å². The molecule has 0 aromatic heterocycles. The summed E-state index contributed by atoms with van der Waals surface area (Å²) in [5.41, 5.74) is 0.656. The fourth-order valence-electron chi connectivity index (χ4n) is 0.817. The lowest BCUT2D eigenvalue weighted by atomic mass is 10.3. The number of ether oxygens (including phenoxy) is 1. The number of nitrogens with one attached hydrogen (secondary N) is 1. The number of anilines is 1. The summed E-state index contributed by atoms with van der Waals surface area (Å²) in [5, 5.41) is 2.44. The minimum Gasteiger partial charge on any atom is -0.497 e. The summed E-state index contributed by atoms with van der Waals surface area (Å²) in [5.74, 6) is 0.171. The summed E-state index contributed by atoms with van der Waals surface area (Å²) >= 11 is 0. The van der Waals surface area contributed by atoms with E-state index >= 15 is 0 Å². The molecule has 1 aromatic rings. The summed E-state index contributed by atoms with van der Waals surface area (Å²) < 4.78 is 4.93. The van der Waals surface area contributed by atoms with E-state index in [1.807, 2.05) is 0 Å². The van der Waals surface area contributed by atoms with Crippen molar-refractivity contribution in [3.63, 3.8) is 0 Å². The fourth-order valence-corrected chi connectivity index (χ4v) is 0.817. The molecule has 0 saturated carbocycles. The summed E-state index contributed by atoms with van der Waals surface area (Å²) in [4.78, 5) is 10.4. The Morgan fingerprint density at radius 2 is 2.00 bits per heavy atom. The molecule has 0 atom stereocenters. The number of amides is 1. The number of carbonyl (C=O) groups excluding carboxylic acids is 1. The number of hydrogen-bond donors (Lipinski definition) is 1. The van der Waals surface area contributed by atoms with Gasteiger partial charge in [-0.05, 0) is 24.3 Å². The van der Waals surface area contributed by atoms with E-state index in [4.69, 9.17) is 11.7 Å². The molecule has 0 aliphatic carbocycles. The predicted octanol–water partition coefficient (Wildman–Crippen LogP) is 1.34. The average Bonchev–Trinajstić information content (AvgIpc) is 2.05. The number of methoxy groups -OCH3 is 1. The predicted molar refractivity (Wildman–Crippen MR) is 45.9 cm³/mol. The van der Waals surface area contributed by atoms with Crippen molar-refractivity contribution in [2.24, 2.45) is 0 Å². The lowest BCUT2D eigenvalue weighted by Crippen LogP contribution is -2.05. The molecule has 1 aromatic carbocycles. The van der Waals surface area contributed by atoms with Gasteiger partial charge in [0.15, 0.2) is 0 Å².